The lowest BCUT2D eigenvalue weighted by Crippen LogP contribution is -2.46. The van der Waals surface area contributed by atoms with Crippen molar-refractivity contribution < 1.29 is 18.1 Å². The number of benzene rings is 2. The van der Waals surface area contributed by atoms with Gasteiger partial charge in [-0.2, -0.15) is 13.2 Å². The first kappa shape index (κ1) is 19.0. The highest BCUT2D eigenvalue weighted by Crippen LogP contribution is 2.35. The predicted octanol–water partition coefficient (Wildman–Crippen LogP) is 4.49. The third-order valence-corrected chi connectivity index (χ3v) is 5.13. The fourth-order valence-electron chi connectivity index (χ4n) is 3.68. The molecule has 0 spiro atoms. The van der Waals surface area contributed by atoms with Crippen LogP contribution in [-0.2, 0) is 6.18 Å². The molecule has 6 nitrogen and oxygen atoms in total. The zero-order valence-corrected chi connectivity index (χ0v) is 15.3. The van der Waals surface area contributed by atoms with E-state index in [1.54, 1.807) is 24.4 Å². The van der Waals surface area contributed by atoms with Gasteiger partial charge >= 0.3 is 6.18 Å². The van der Waals surface area contributed by atoms with Crippen LogP contribution in [0.4, 0.5) is 30.2 Å². The van der Waals surface area contributed by atoms with E-state index in [0.717, 1.165) is 17.1 Å². The van der Waals surface area contributed by atoms with Gasteiger partial charge in [0.15, 0.2) is 0 Å². The molecule has 0 radical (unpaired) electrons. The van der Waals surface area contributed by atoms with Gasteiger partial charge < -0.3 is 9.80 Å². The lowest BCUT2D eigenvalue weighted by Gasteiger charge is -2.38. The van der Waals surface area contributed by atoms with Crippen molar-refractivity contribution in [3.05, 3.63) is 70.5 Å². The van der Waals surface area contributed by atoms with Crippen LogP contribution in [0, 0.1) is 10.1 Å². The van der Waals surface area contributed by atoms with Crippen LogP contribution in [0.25, 0.3) is 10.8 Å². The summed E-state index contributed by atoms with van der Waals surface area (Å²) < 4.78 is 38.9. The van der Waals surface area contributed by atoms with Crippen molar-refractivity contribution in [2.45, 2.75) is 6.18 Å². The van der Waals surface area contributed by atoms with Crippen molar-refractivity contribution in [1.29, 1.82) is 0 Å². The Kier molecular flexibility index (Phi) is 4.73. The number of aromatic nitrogens is 1. The van der Waals surface area contributed by atoms with Gasteiger partial charge in [0.1, 0.15) is 0 Å². The van der Waals surface area contributed by atoms with Crippen molar-refractivity contribution in [3.8, 4) is 0 Å². The molecular formula is C20H17F3N4O2. The molecule has 3 aromatic rings. The van der Waals surface area contributed by atoms with Gasteiger partial charge in [0.25, 0.3) is 5.69 Å². The van der Waals surface area contributed by atoms with E-state index in [-0.39, 0.29) is 5.69 Å². The van der Waals surface area contributed by atoms with Gasteiger partial charge in [0.2, 0.25) is 0 Å². The number of nitrogens with zero attached hydrogens (tertiary/aromatic N) is 4. The second-order valence-electron chi connectivity index (χ2n) is 6.80. The van der Waals surface area contributed by atoms with E-state index in [1.165, 1.54) is 24.4 Å². The molecule has 0 atom stereocenters. The zero-order valence-electron chi connectivity index (χ0n) is 15.3. The molecule has 0 aliphatic carbocycles. The molecule has 0 saturated carbocycles. The maximum atomic E-state index is 13.0. The van der Waals surface area contributed by atoms with Crippen molar-refractivity contribution in [2.24, 2.45) is 0 Å². The van der Waals surface area contributed by atoms with E-state index >= 15 is 0 Å². The van der Waals surface area contributed by atoms with Crippen LogP contribution in [0.2, 0.25) is 0 Å². The van der Waals surface area contributed by atoms with E-state index in [2.05, 4.69) is 9.88 Å². The monoisotopic (exact) mass is 402 g/mol. The highest BCUT2D eigenvalue weighted by atomic mass is 19.4. The summed E-state index contributed by atoms with van der Waals surface area (Å²) in [4.78, 5) is 18.9. The highest BCUT2D eigenvalue weighted by Gasteiger charge is 2.31. The average molecular weight is 402 g/mol. The summed E-state index contributed by atoms with van der Waals surface area (Å²) >= 11 is 0. The van der Waals surface area contributed by atoms with Crippen LogP contribution in [0.3, 0.4) is 0 Å². The molecule has 1 aromatic heterocycles. The van der Waals surface area contributed by atoms with Gasteiger partial charge in [0, 0.05) is 61.4 Å². The fourth-order valence-corrected chi connectivity index (χ4v) is 3.68. The van der Waals surface area contributed by atoms with Crippen LogP contribution >= 0.6 is 0 Å². The average Bonchev–Trinajstić information content (AvgIpc) is 2.72. The normalized spacial score (nSPS) is 15.0. The molecule has 2 heterocycles. The zero-order chi connectivity index (χ0) is 20.6. The first-order valence-electron chi connectivity index (χ1n) is 9.03. The van der Waals surface area contributed by atoms with Gasteiger partial charge in [-0.25, -0.2) is 0 Å². The molecule has 150 valence electrons. The Morgan fingerprint density at radius 3 is 2.38 bits per heavy atom. The Morgan fingerprint density at radius 1 is 0.966 bits per heavy atom. The van der Waals surface area contributed by atoms with Crippen LogP contribution in [0.15, 0.2) is 54.9 Å². The first-order chi connectivity index (χ1) is 13.8. The third kappa shape index (κ3) is 3.67. The molecule has 1 aliphatic heterocycles. The molecule has 1 fully saturated rings. The Labute approximate surface area is 164 Å². The van der Waals surface area contributed by atoms with Gasteiger partial charge in [-0.15, -0.1) is 0 Å². The second kappa shape index (κ2) is 7.23. The summed E-state index contributed by atoms with van der Waals surface area (Å²) in [6, 6.07) is 10.3. The number of anilines is 2. The maximum Gasteiger partial charge on any atom is 0.416 e. The van der Waals surface area contributed by atoms with E-state index < -0.39 is 16.7 Å². The molecule has 0 unspecified atom stereocenters. The predicted molar refractivity (Wildman–Crippen MR) is 104 cm³/mol. The fraction of sp³-hybridized carbons (Fsp3) is 0.250. The van der Waals surface area contributed by atoms with Crippen LogP contribution in [0.5, 0.6) is 0 Å². The Morgan fingerprint density at radius 2 is 1.69 bits per heavy atom. The number of hydrogen-bond acceptors (Lipinski definition) is 5. The molecule has 29 heavy (non-hydrogen) atoms. The summed E-state index contributed by atoms with van der Waals surface area (Å²) in [7, 11) is 0. The second-order valence-corrected chi connectivity index (χ2v) is 6.80. The van der Waals surface area contributed by atoms with Gasteiger partial charge in [-0.3, -0.25) is 15.1 Å². The summed E-state index contributed by atoms with van der Waals surface area (Å²) in [6.07, 6.45) is -1.30. The first-order valence-corrected chi connectivity index (χ1v) is 9.03. The molecule has 0 amide bonds. The van der Waals surface area contributed by atoms with Crippen molar-refractivity contribution >= 4 is 27.8 Å². The minimum Gasteiger partial charge on any atom is -0.368 e. The molecule has 1 saturated heterocycles. The smallest absolute Gasteiger partial charge is 0.368 e. The van der Waals surface area contributed by atoms with Crippen LogP contribution in [0.1, 0.15) is 5.56 Å². The largest absolute Gasteiger partial charge is 0.416 e. The van der Waals surface area contributed by atoms with E-state index in [1.807, 2.05) is 4.90 Å². The van der Waals surface area contributed by atoms with Crippen molar-refractivity contribution in [1.82, 2.24) is 4.98 Å². The van der Waals surface area contributed by atoms with Crippen LogP contribution < -0.4 is 9.80 Å². The molecular weight excluding hydrogens is 385 g/mol. The topological polar surface area (TPSA) is 62.5 Å². The lowest BCUT2D eigenvalue weighted by molar-refractivity contribution is -0.383. The number of fused-ring (bicyclic) bond motifs is 1. The molecule has 9 heteroatoms. The quantitative estimate of drug-likeness (QED) is 0.477. The molecule has 2 aromatic carbocycles. The number of non-ortho nitro benzene ring substituents is 1. The number of pyridine rings is 1. The lowest BCUT2D eigenvalue weighted by atomic mass is 10.1. The number of rotatable bonds is 3. The van der Waals surface area contributed by atoms with E-state index in [0.29, 0.717) is 37.3 Å². The Balaban J connectivity index is 1.57. The van der Waals surface area contributed by atoms with Gasteiger partial charge in [-0.05, 0) is 30.3 Å². The summed E-state index contributed by atoms with van der Waals surface area (Å²) in [5.74, 6) is 0. The molecule has 0 bridgehead atoms. The summed E-state index contributed by atoms with van der Waals surface area (Å²) in [5, 5.41) is 12.5. The number of alkyl halides is 3. The minimum atomic E-state index is -4.37. The summed E-state index contributed by atoms with van der Waals surface area (Å²) in [5.41, 5.74) is 0.736. The Bertz CT molecular complexity index is 1060. The molecule has 0 N–H and O–H groups in total. The van der Waals surface area contributed by atoms with E-state index in [9.17, 15) is 23.3 Å². The van der Waals surface area contributed by atoms with Crippen molar-refractivity contribution in [2.75, 3.05) is 36.0 Å². The minimum absolute atomic E-state index is 0.000508. The SMILES string of the molecule is O=[N+]([O-])c1ccc(N2CCN(c3cccc(C(F)(F)F)c3)CC2)c2ccncc12. The molecule has 4 rings (SSSR count). The molecule has 1 aliphatic rings. The van der Waals surface area contributed by atoms with E-state index in [4.69, 9.17) is 0 Å². The van der Waals surface area contributed by atoms with Crippen LogP contribution in [-0.4, -0.2) is 36.1 Å². The highest BCUT2D eigenvalue weighted by molar-refractivity contribution is 5.99. The summed E-state index contributed by atoms with van der Waals surface area (Å²) in [6.45, 7) is 2.27. The number of hydrogen-bond donors (Lipinski definition) is 0. The maximum absolute atomic E-state index is 13.0. The number of halogens is 3. The van der Waals surface area contributed by atoms with Gasteiger partial charge in [0.05, 0.1) is 15.9 Å². The third-order valence-electron chi connectivity index (χ3n) is 5.13. The number of piperazine rings is 1. The number of nitro groups is 1. The van der Waals surface area contributed by atoms with Crippen molar-refractivity contribution in [3.63, 3.8) is 0 Å². The standard InChI is InChI=1S/C20H17F3N4O2/c21-20(22,23)14-2-1-3-15(12-14)25-8-10-26(11-9-25)18-4-5-19(27(28)29)17-13-24-7-6-16(17)18/h1-7,12-13H,8-11H2. The Hall–Kier alpha value is -3.36. The van der Waals surface area contributed by atoms with Gasteiger partial charge in [-0.1, -0.05) is 6.07 Å². The number of nitro benzene ring substituents is 1.